The van der Waals surface area contributed by atoms with E-state index in [2.05, 4.69) is 13.8 Å². The van der Waals surface area contributed by atoms with Crippen molar-refractivity contribution in [2.24, 2.45) is 63.7 Å². The standard InChI is InChI=1S/C33H56N2O4/c1-20(2)25(19-30(37)29(35)8-6-7-17-34)31(38)39-23-13-15-32(4)22(18-23)9-10-24-27-12-11-26(21(3)36)33(27,5)16-14-28(24)32/h20,22-29H,6-19,34-35H2,1-5H3/t22-,23+,24-,25-,26+,27-,28-,29-,32-,33+/m0/s1. The highest BCUT2D eigenvalue weighted by Crippen LogP contribution is 2.67. The van der Waals surface area contributed by atoms with Crippen molar-refractivity contribution in [1.29, 1.82) is 0 Å². The fourth-order valence-electron chi connectivity index (χ4n) is 9.87. The summed E-state index contributed by atoms with van der Waals surface area (Å²) < 4.78 is 6.16. The van der Waals surface area contributed by atoms with Crippen LogP contribution in [0.4, 0.5) is 0 Å². The summed E-state index contributed by atoms with van der Waals surface area (Å²) in [5.41, 5.74) is 12.2. The predicted octanol–water partition coefficient (Wildman–Crippen LogP) is 5.83. The van der Waals surface area contributed by atoms with Crippen molar-refractivity contribution in [3.63, 3.8) is 0 Å². The average molecular weight is 545 g/mol. The van der Waals surface area contributed by atoms with Gasteiger partial charge < -0.3 is 16.2 Å². The van der Waals surface area contributed by atoms with Crippen LogP contribution in [0, 0.1) is 52.3 Å². The molecule has 0 bridgehead atoms. The third-order valence-corrected chi connectivity index (χ3v) is 12.3. The van der Waals surface area contributed by atoms with Crippen LogP contribution in [-0.2, 0) is 19.1 Å². The molecule has 4 aliphatic carbocycles. The molecule has 6 nitrogen and oxygen atoms in total. The highest BCUT2D eigenvalue weighted by molar-refractivity contribution is 5.88. The van der Waals surface area contributed by atoms with Crippen LogP contribution in [0.3, 0.4) is 0 Å². The van der Waals surface area contributed by atoms with Crippen molar-refractivity contribution in [2.75, 3.05) is 6.54 Å². The van der Waals surface area contributed by atoms with Gasteiger partial charge in [-0.3, -0.25) is 14.4 Å². The van der Waals surface area contributed by atoms with Gasteiger partial charge in [-0.15, -0.1) is 0 Å². The maximum Gasteiger partial charge on any atom is 0.309 e. The molecule has 10 atom stereocenters. The lowest BCUT2D eigenvalue weighted by Gasteiger charge is -2.61. The van der Waals surface area contributed by atoms with E-state index in [1.165, 1.54) is 32.1 Å². The normalized spacial score (nSPS) is 39.3. The van der Waals surface area contributed by atoms with Gasteiger partial charge in [0.25, 0.3) is 0 Å². The number of ketones is 2. The molecule has 0 heterocycles. The molecule has 0 unspecified atom stereocenters. The molecule has 6 heteroatoms. The molecule has 0 aliphatic heterocycles. The van der Waals surface area contributed by atoms with E-state index in [-0.39, 0.29) is 41.5 Å². The number of fused-ring (bicyclic) bond motifs is 5. The van der Waals surface area contributed by atoms with Crippen LogP contribution in [0.5, 0.6) is 0 Å². The van der Waals surface area contributed by atoms with E-state index >= 15 is 0 Å². The fourth-order valence-corrected chi connectivity index (χ4v) is 9.87. The minimum absolute atomic E-state index is 0.0313. The Morgan fingerprint density at radius 3 is 2.28 bits per heavy atom. The van der Waals surface area contributed by atoms with E-state index in [0.717, 1.165) is 50.4 Å². The summed E-state index contributed by atoms with van der Waals surface area (Å²) in [6.07, 6.45) is 12.6. The summed E-state index contributed by atoms with van der Waals surface area (Å²) >= 11 is 0. The molecule has 4 aliphatic rings. The highest BCUT2D eigenvalue weighted by atomic mass is 16.5. The van der Waals surface area contributed by atoms with E-state index in [4.69, 9.17) is 16.2 Å². The molecule has 4 N–H and O–H groups in total. The van der Waals surface area contributed by atoms with Crippen molar-refractivity contribution in [2.45, 2.75) is 130 Å². The number of Topliss-reactive ketones (excluding diaryl/α,β-unsaturated/α-hetero) is 2. The Morgan fingerprint density at radius 2 is 1.62 bits per heavy atom. The van der Waals surface area contributed by atoms with Gasteiger partial charge in [-0.1, -0.05) is 34.1 Å². The molecular weight excluding hydrogens is 488 g/mol. The van der Waals surface area contributed by atoms with Crippen LogP contribution in [0.15, 0.2) is 0 Å². The van der Waals surface area contributed by atoms with E-state index in [0.29, 0.717) is 36.0 Å². The molecule has 4 rings (SSSR count). The second kappa shape index (κ2) is 12.3. The molecule has 0 aromatic rings. The van der Waals surface area contributed by atoms with Crippen molar-refractivity contribution in [3.05, 3.63) is 0 Å². The number of nitrogens with two attached hydrogens (primary N) is 2. The van der Waals surface area contributed by atoms with Crippen molar-refractivity contribution >= 4 is 17.5 Å². The van der Waals surface area contributed by atoms with Crippen LogP contribution < -0.4 is 11.5 Å². The quantitative estimate of drug-likeness (QED) is 0.250. The molecule has 0 spiro atoms. The zero-order valence-corrected chi connectivity index (χ0v) is 25.4. The lowest BCUT2D eigenvalue weighted by atomic mass is 9.44. The molecule has 0 saturated heterocycles. The van der Waals surface area contributed by atoms with Gasteiger partial charge in [0.15, 0.2) is 0 Å². The number of unbranched alkanes of at least 4 members (excludes halogenated alkanes) is 1. The third kappa shape index (κ3) is 6.03. The van der Waals surface area contributed by atoms with Gasteiger partial charge in [0.2, 0.25) is 0 Å². The summed E-state index contributed by atoms with van der Waals surface area (Å²) in [5.74, 6) is 2.71. The molecule has 0 amide bonds. The number of carbonyl (C=O) groups excluding carboxylic acids is 3. The molecular formula is C33H56N2O4. The van der Waals surface area contributed by atoms with Gasteiger partial charge in [0.1, 0.15) is 17.7 Å². The van der Waals surface area contributed by atoms with Crippen LogP contribution >= 0.6 is 0 Å². The molecule has 4 fully saturated rings. The van der Waals surface area contributed by atoms with Gasteiger partial charge in [-0.2, -0.15) is 0 Å². The zero-order valence-electron chi connectivity index (χ0n) is 25.4. The Balaban J connectivity index is 1.35. The van der Waals surface area contributed by atoms with Crippen LogP contribution in [-0.4, -0.2) is 36.2 Å². The smallest absolute Gasteiger partial charge is 0.309 e. The van der Waals surface area contributed by atoms with Gasteiger partial charge in [0, 0.05) is 12.3 Å². The number of ether oxygens (including phenoxy) is 1. The number of hydrogen-bond donors (Lipinski definition) is 2. The Morgan fingerprint density at radius 1 is 0.923 bits per heavy atom. The summed E-state index contributed by atoms with van der Waals surface area (Å²) in [5, 5.41) is 0. The first-order valence-corrected chi connectivity index (χ1v) is 16.1. The van der Waals surface area contributed by atoms with Gasteiger partial charge in [-0.05, 0) is 125 Å². The molecule has 0 aromatic carbocycles. The number of esters is 1. The van der Waals surface area contributed by atoms with Gasteiger partial charge in [-0.25, -0.2) is 0 Å². The Kier molecular flexibility index (Phi) is 9.68. The van der Waals surface area contributed by atoms with Crippen LogP contribution in [0.2, 0.25) is 0 Å². The largest absolute Gasteiger partial charge is 0.462 e. The Bertz CT molecular complexity index is 904. The summed E-state index contributed by atoms with van der Waals surface area (Å²) in [4.78, 5) is 38.6. The number of hydrogen-bond acceptors (Lipinski definition) is 6. The summed E-state index contributed by atoms with van der Waals surface area (Å²) in [7, 11) is 0. The minimum Gasteiger partial charge on any atom is -0.462 e. The summed E-state index contributed by atoms with van der Waals surface area (Å²) in [6.45, 7) is 11.3. The maximum atomic E-state index is 13.3. The van der Waals surface area contributed by atoms with Gasteiger partial charge in [0.05, 0.1) is 12.0 Å². The average Bonchev–Trinajstić information content (AvgIpc) is 3.24. The second-order valence-corrected chi connectivity index (χ2v) is 14.7. The zero-order chi connectivity index (χ0) is 28.5. The maximum absolute atomic E-state index is 13.3. The SMILES string of the molecule is CC(=O)[C@H]1CC[C@H]2[C@@H]3CC[C@H]4C[C@H](OC(=O)[C@@H](CC(=O)[C@@H](N)CCCCN)C(C)C)CC[C@]4(C)[C@H]3CC[C@]12C. The second-order valence-electron chi connectivity index (χ2n) is 14.7. The van der Waals surface area contributed by atoms with Crippen LogP contribution in [0.25, 0.3) is 0 Å². The molecule has 0 radical (unpaired) electrons. The highest BCUT2D eigenvalue weighted by Gasteiger charge is 2.61. The molecule has 0 aromatic heterocycles. The van der Waals surface area contributed by atoms with Crippen molar-refractivity contribution in [1.82, 2.24) is 0 Å². The topological polar surface area (TPSA) is 112 Å². The summed E-state index contributed by atoms with van der Waals surface area (Å²) in [6, 6.07) is -0.529. The first kappa shape index (κ1) is 30.7. The lowest BCUT2D eigenvalue weighted by Crippen LogP contribution is -2.54. The number of carbonyl (C=O) groups is 3. The first-order valence-electron chi connectivity index (χ1n) is 16.1. The van der Waals surface area contributed by atoms with Crippen LogP contribution in [0.1, 0.15) is 118 Å². The molecule has 222 valence electrons. The Labute approximate surface area is 237 Å². The van der Waals surface area contributed by atoms with E-state index in [1.54, 1.807) is 0 Å². The van der Waals surface area contributed by atoms with Gasteiger partial charge >= 0.3 is 5.97 Å². The van der Waals surface area contributed by atoms with E-state index in [1.807, 2.05) is 20.8 Å². The van der Waals surface area contributed by atoms with Crippen molar-refractivity contribution in [3.8, 4) is 0 Å². The monoisotopic (exact) mass is 544 g/mol. The molecule has 4 saturated carbocycles. The minimum atomic E-state index is -0.529. The third-order valence-electron chi connectivity index (χ3n) is 12.3. The number of rotatable bonds is 11. The van der Waals surface area contributed by atoms with E-state index in [9.17, 15) is 14.4 Å². The van der Waals surface area contributed by atoms with Crippen molar-refractivity contribution < 1.29 is 19.1 Å². The lowest BCUT2D eigenvalue weighted by molar-refractivity contribution is -0.169. The predicted molar refractivity (Wildman–Crippen MR) is 155 cm³/mol. The van der Waals surface area contributed by atoms with E-state index < -0.39 is 12.0 Å². The fraction of sp³-hybridized carbons (Fsp3) is 0.909. The molecule has 39 heavy (non-hydrogen) atoms. The Hall–Kier alpha value is -1.27. The first-order chi connectivity index (χ1) is 18.4.